The molecular weight excluding hydrogens is 490 g/mol. The first-order valence-electron chi connectivity index (χ1n) is 11.9. The highest BCUT2D eigenvalue weighted by Gasteiger charge is 2.40. The van der Waals surface area contributed by atoms with Crippen LogP contribution in [0.5, 0.6) is 11.5 Å². The number of hydrogen-bond donors (Lipinski definition) is 3. The lowest BCUT2D eigenvalue weighted by Crippen LogP contribution is -2.52. The zero-order valence-corrected chi connectivity index (χ0v) is 20.6. The van der Waals surface area contributed by atoms with Gasteiger partial charge in [-0.1, -0.05) is 6.07 Å². The van der Waals surface area contributed by atoms with Gasteiger partial charge in [-0.05, 0) is 30.7 Å². The maximum atomic E-state index is 13.2. The number of carbonyl (C=O) groups is 3. The van der Waals surface area contributed by atoms with Crippen LogP contribution in [0, 0.1) is 0 Å². The van der Waals surface area contributed by atoms with Gasteiger partial charge in [-0.3, -0.25) is 19.7 Å². The fourth-order valence-electron chi connectivity index (χ4n) is 4.82. The van der Waals surface area contributed by atoms with Gasteiger partial charge in [0.15, 0.2) is 17.3 Å². The Labute approximate surface area is 216 Å². The summed E-state index contributed by atoms with van der Waals surface area (Å²) >= 11 is 0. The molecule has 2 aliphatic heterocycles. The topological polar surface area (TPSA) is 151 Å². The molecule has 0 spiro atoms. The van der Waals surface area contributed by atoms with Crippen molar-refractivity contribution in [2.45, 2.75) is 25.4 Å². The molecule has 0 aliphatic carbocycles. The number of aromatic nitrogens is 4. The minimum Gasteiger partial charge on any atom is -0.497 e. The lowest BCUT2D eigenvalue weighted by Gasteiger charge is -2.29. The Morgan fingerprint density at radius 1 is 1.05 bits per heavy atom. The van der Waals surface area contributed by atoms with Crippen LogP contribution in [0.25, 0.3) is 22.6 Å². The molecule has 1 unspecified atom stereocenters. The van der Waals surface area contributed by atoms with Gasteiger partial charge in [0.1, 0.15) is 23.1 Å². The standard InChI is InChI=1S/C26H23N7O5/c1-37-14-8-13(9-15(10-14)38-2)22-31-23-21(27-12-28-23)24(32-22)29-18-5-3-4-16-17(18)11-33(26(16)36)19-6-7-20(34)30-25(19)35/h3-5,8-10,12,19H,6-7,11H2,1-2H3,(H,30,34,35)(H2,27,28,29,31,32). The summed E-state index contributed by atoms with van der Waals surface area (Å²) in [5.41, 5.74) is 3.60. The quantitative estimate of drug-likeness (QED) is 0.330. The van der Waals surface area contributed by atoms with E-state index in [0.717, 1.165) is 5.56 Å². The Kier molecular flexibility index (Phi) is 5.63. The van der Waals surface area contributed by atoms with Crippen molar-refractivity contribution in [1.82, 2.24) is 30.2 Å². The van der Waals surface area contributed by atoms with Gasteiger partial charge in [0, 0.05) is 41.4 Å². The summed E-state index contributed by atoms with van der Waals surface area (Å²) in [6.07, 6.45) is 2.02. The third kappa shape index (κ3) is 3.95. The van der Waals surface area contributed by atoms with Gasteiger partial charge in [-0.2, -0.15) is 0 Å². The normalized spacial score (nSPS) is 16.9. The number of aromatic amines is 1. The molecule has 2 aliphatic rings. The summed E-state index contributed by atoms with van der Waals surface area (Å²) < 4.78 is 10.8. The molecular formula is C26H23N7O5. The Morgan fingerprint density at radius 2 is 1.84 bits per heavy atom. The third-order valence-electron chi connectivity index (χ3n) is 6.73. The molecule has 12 heteroatoms. The van der Waals surface area contributed by atoms with Crippen LogP contribution >= 0.6 is 0 Å². The number of anilines is 2. The van der Waals surface area contributed by atoms with Crippen molar-refractivity contribution in [3.8, 4) is 22.9 Å². The van der Waals surface area contributed by atoms with E-state index in [2.05, 4.69) is 25.6 Å². The number of amides is 3. The second kappa shape index (κ2) is 9.14. The van der Waals surface area contributed by atoms with Gasteiger partial charge in [0.25, 0.3) is 5.91 Å². The van der Waals surface area contributed by atoms with E-state index in [1.54, 1.807) is 44.6 Å². The molecule has 6 rings (SSSR count). The van der Waals surface area contributed by atoms with Gasteiger partial charge in [-0.25, -0.2) is 15.0 Å². The number of piperidine rings is 1. The number of carbonyl (C=O) groups excluding carboxylic acids is 3. The summed E-state index contributed by atoms with van der Waals surface area (Å²) in [6, 6.07) is 10.0. The highest BCUT2D eigenvalue weighted by Crippen LogP contribution is 2.35. The first kappa shape index (κ1) is 23.4. The van der Waals surface area contributed by atoms with Crippen LogP contribution in [0.3, 0.4) is 0 Å². The van der Waals surface area contributed by atoms with E-state index >= 15 is 0 Å². The molecule has 3 amide bonds. The molecule has 192 valence electrons. The highest BCUT2D eigenvalue weighted by molar-refractivity contribution is 6.06. The molecule has 4 aromatic rings. The Balaban J connectivity index is 1.37. The number of hydrogen-bond acceptors (Lipinski definition) is 9. The summed E-state index contributed by atoms with van der Waals surface area (Å²) in [6.45, 7) is 0.223. The van der Waals surface area contributed by atoms with Crippen LogP contribution in [0.15, 0.2) is 42.7 Å². The van der Waals surface area contributed by atoms with Crippen molar-refractivity contribution >= 4 is 40.4 Å². The number of imidazole rings is 1. The Morgan fingerprint density at radius 3 is 2.58 bits per heavy atom. The van der Waals surface area contributed by atoms with Crippen LogP contribution in [0.1, 0.15) is 28.8 Å². The number of fused-ring (bicyclic) bond motifs is 2. The third-order valence-corrected chi connectivity index (χ3v) is 6.73. The molecule has 12 nitrogen and oxygen atoms in total. The van der Waals surface area contributed by atoms with Crippen LogP contribution in [0.4, 0.5) is 11.5 Å². The van der Waals surface area contributed by atoms with Crippen molar-refractivity contribution in [2.24, 2.45) is 0 Å². The van der Waals surface area contributed by atoms with Gasteiger partial charge >= 0.3 is 0 Å². The van der Waals surface area contributed by atoms with E-state index in [4.69, 9.17) is 14.5 Å². The van der Waals surface area contributed by atoms with Gasteiger partial charge in [0.2, 0.25) is 11.8 Å². The number of nitrogens with one attached hydrogen (secondary N) is 3. The smallest absolute Gasteiger partial charge is 0.255 e. The SMILES string of the molecule is COc1cc(OC)cc(-c2nc(Nc3cccc4c3CN(C3CCC(=O)NC3=O)C4=O)c3[nH]cnc3n2)c1. The number of H-pyrrole nitrogens is 1. The van der Waals surface area contributed by atoms with E-state index in [1.807, 2.05) is 6.07 Å². The summed E-state index contributed by atoms with van der Waals surface area (Å²) in [4.78, 5) is 55.5. The van der Waals surface area contributed by atoms with E-state index in [0.29, 0.717) is 57.5 Å². The molecule has 38 heavy (non-hydrogen) atoms. The zero-order valence-electron chi connectivity index (χ0n) is 20.6. The zero-order chi connectivity index (χ0) is 26.4. The summed E-state index contributed by atoms with van der Waals surface area (Å²) in [5.74, 6) is 1.01. The molecule has 1 saturated heterocycles. The number of benzene rings is 2. The van der Waals surface area contributed by atoms with Crippen LogP contribution in [-0.4, -0.2) is 62.8 Å². The minimum atomic E-state index is -0.701. The number of nitrogens with zero attached hydrogens (tertiary/aromatic N) is 4. The molecule has 0 saturated carbocycles. The first-order valence-corrected chi connectivity index (χ1v) is 11.9. The first-order chi connectivity index (χ1) is 18.4. The van der Waals surface area contributed by atoms with Crippen LogP contribution in [-0.2, 0) is 16.1 Å². The van der Waals surface area contributed by atoms with E-state index in [9.17, 15) is 14.4 Å². The molecule has 3 N–H and O–H groups in total. The van der Waals surface area contributed by atoms with Crippen molar-refractivity contribution in [3.63, 3.8) is 0 Å². The second-order valence-corrected chi connectivity index (χ2v) is 8.95. The average Bonchev–Trinajstić information content (AvgIpc) is 3.54. The lowest BCUT2D eigenvalue weighted by molar-refractivity contribution is -0.136. The summed E-state index contributed by atoms with van der Waals surface area (Å²) in [5, 5.41) is 5.67. The number of rotatable bonds is 6. The highest BCUT2D eigenvalue weighted by atomic mass is 16.5. The number of ether oxygens (including phenoxy) is 2. The lowest BCUT2D eigenvalue weighted by atomic mass is 10.0. The maximum absolute atomic E-state index is 13.2. The number of imide groups is 1. The van der Waals surface area contributed by atoms with E-state index in [-0.39, 0.29) is 24.8 Å². The molecule has 0 radical (unpaired) electrons. The average molecular weight is 514 g/mol. The van der Waals surface area contributed by atoms with Crippen molar-refractivity contribution in [1.29, 1.82) is 0 Å². The maximum Gasteiger partial charge on any atom is 0.255 e. The molecule has 0 bridgehead atoms. The molecule has 2 aromatic carbocycles. The van der Waals surface area contributed by atoms with Crippen LogP contribution in [0.2, 0.25) is 0 Å². The van der Waals surface area contributed by atoms with Crippen molar-refractivity contribution in [2.75, 3.05) is 19.5 Å². The monoisotopic (exact) mass is 513 g/mol. The van der Waals surface area contributed by atoms with Crippen molar-refractivity contribution in [3.05, 3.63) is 53.9 Å². The van der Waals surface area contributed by atoms with Gasteiger partial charge in [-0.15, -0.1) is 0 Å². The predicted molar refractivity (Wildman–Crippen MR) is 136 cm³/mol. The predicted octanol–water partition coefficient (Wildman–Crippen LogP) is 2.54. The largest absolute Gasteiger partial charge is 0.497 e. The number of methoxy groups -OCH3 is 2. The Hall–Kier alpha value is -5.00. The fourth-order valence-corrected chi connectivity index (χ4v) is 4.82. The summed E-state index contributed by atoms with van der Waals surface area (Å²) in [7, 11) is 3.14. The second-order valence-electron chi connectivity index (χ2n) is 8.95. The molecule has 2 aromatic heterocycles. The fraction of sp³-hybridized carbons (Fsp3) is 0.231. The van der Waals surface area contributed by atoms with Gasteiger partial charge < -0.3 is 24.7 Å². The molecule has 1 atom stereocenters. The van der Waals surface area contributed by atoms with Crippen LogP contribution < -0.4 is 20.1 Å². The van der Waals surface area contributed by atoms with E-state index in [1.165, 1.54) is 11.2 Å². The Bertz CT molecular complexity index is 1590. The molecule has 1 fully saturated rings. The molecule has 4 heterocycles. The van der Waals surface area contributed by atoms with Crippen molar-refractivity contribution < 1.29 is 23.9 Å². The van der Waals surface area contributed by atoms with E-state index < -0.39 is 11.9 Å². The minimum absolute atomic E-state index is 0.193. The van der Waals surface area contributed by atoms with Gasteiger partial charge in [0.05, 0.1) is 20.5 Å².